The van der Waals surface area contributed by atoms with Gasteiger partial charge in [0.05, 0.1) is 24.9 Å². The highest BCUT2D eigenvalue weighted by molar-refractivity contribution is 6.03. The van der Waals surface area contributed by atoms with Crippen LogP contribution in [0, 0.1) is 5.82 Å². The van der Waals surface area contributed by atoms with Crippen LogP contribution in [0.25, 0.3) is 0 Å². The average Bonchev–Trinajstić information content (AvgIpc) is 2.79. The molecule has 1 N–H and O–H groups in total. The number of benzene rings is 2. The van der Waals surface area contributed by atoms with Gasteiger partial charge in [-0.25, -0.2) is 4.39 Å². The van der Waals surface area contributed by atoms with Gasteiger partial charge in [-0.2, -0.15) is 0 Å². The predicted molar refractivity (Wildman–Crippen MR) is 113 cm³/mol. The molecule has 1 fully saturated rings. The fourth-order valence-corrected chi connectivity index (χ4v) is 3.96. The molecule has 2 aromatic rings. The van der Waals surface area contributed by atoms with E-state index >= 15 is 0 Å². The zero-order chi connectivity index (χ0) is 21.8. The molecule has 1 saturated heterocycles. The molecule has 7 nitrogen and oxygen atoms in total. The number of rotatable bonds is 6. The quantitative estimate of drug-likeness (QED) is 0.765. The number of fused-ring (bicyclic) bond motifs is 1. The Morgan fingerprint density at radius 3 is 2.61 bits per heavy atom. The van der Waals surface area contributed by atoms with Crippen molar-refractivity contribution < 1.29 is 23.5 Å². The summed E-state index contributed by atoms with van der Waals surface area (Å²) < 4.78 is 24.5. The van der Waals surface area contributed by atoms with Crippen molar-refractivity contribution in [3.8, 4) is 5.75 Å². The van der Waals surface area contributed by atoms with Crippen molar-refractivity contribution in [2.75, 3.05) is 44.3 Å². The van der Waals surface area contributed by atoms with E-state index in [9.17, 15) is 14.0 Å². The van der Waals surface area contributed by atoms with Gasteiger partial charge in [0.15, 0.2) is 6.10 Å². The summed E-state index contributed by atoms with van der Waals surface area (Å²) in [6, 6.07) is 13.4. The summed E-state index contributed by atoms with van der Waals surface area (Å²) in [4.78, 5) is 29.1. The Balaban J connectivity index is 1.45. The fourth-order valence-electron chi connectivity index (χ4n) is 3.96. The van der Waals surface area contributed by atoms with Gasteiger partial charge < -0.3 is 14.8 Å². The van der Waals surface area contributed by atoms with Crippen molar-refractivity contribution >= 4 is 17.5 Å². The third-order valence-corrected chi connectivity index (χ3v) is 5.61. The van der Waals surface area contributed by atoms with E-state index in [1.54, 1.807) is 37.3 Å². The smallest absolute Gasteiger partial charge is 0.268 e. The van der Waals surface area contributed by atoms with Gasteiger partial charge in [-0.15, -0.1) is 0 Å². The number of ether oxygens (including phenoxy) is 2. The number of morpholine rings is 1. The number of para-hydroxylation sites is 2. The Morgan fingerprint density at radius 2 is 1.87 bits per heavy atom. The number of amides is 2. The van der Waals surface area contributed by atoms with Crippen LogP contribution < -0.4 is 15.0 Å². The van der Waals surface area contributed by atoms with E-state index in [2.05, 4.69) is 10.2 Å². The molecule has 2 aliphatic rings. The molecule has 0 unspecified atom stereocenters. The van der Waals surface area contributed by atoms with Crippen LogP contribution in [0.4, 0.5) is 10.1 Å². The molecule has 164 valence electrons. The summed E-state index contributed by atoms with van der Waals surface area (Å²) >= 11 is 0. The van der Waals surface area contributed by atoms with Crippen LogP contribution in [0.15, 0.2) is 48.5 Å². The monoisotopic (exact) mass is 427 g/mol. The first-order chi connectivity index (χ1) is 15.0. The Morgan fingerprint density at radius 1 is 1.16 bits per heavy atom. The maximum Gasteiger partial charge on any atom is 0.268 e. The van der Waals surface area contributed by atoms with Gasteiger partial charge in [0.25, 0.3) is 5.91 Å². The Kier molecular flexibility index (Phi) is 6.48. The van der Waals surface area contributed by atoms with Gasteiger partial charge in [-0.1, -0.05) is 24.3 Å². The van der Waals surface area contributed by atoms with Crippen LogP contribution in [-0.4, -0.2) is 62.2 Å². The molecular formula is C23H26FN3O4. The Hall–Kier alpha value is -2.97. The Bertz CT molecular complexity index is 931. The summed E-state index contributed by atoms with van der Waals surface area (Å²) in [6.45, 7) is 4.61. The first-order valence-electron chi connectivity index (χ1n) is 10.4. The molecule has 2 heterocycles. The van der Waals surface area contributed by atoms with E-state index in [1.165, 1.54) is 17.0 Å². The van der Waals surface area contributed by atoms with E-state index in [4.69, 9.17) is 9.47 Å². The summed E-state index contributed by atoms with van der Waals surface area (Å²) in [5.41, 5.74) is 1.51. The molecule has 0 spiro atoms. The maximum atomic E-state index is 13.4. The molecule has 0 bridgehead atoms. The van der Waals surface area contributed by atoms with Crippen molar-refractivity contribution in [1.82, 2.24) is 10.2 Å². The van der Waals surface area contributed by atoms with Crippen LogP contribution >= 0.6 is 0 Å². The number of nitrogens with zero attached hydrogens (tertiary/aromatic N) is 2. The Labute approximate surface area is 180 Å². The third-order valence-electron chi connectivity index (χ3n) is 5.61. The van der Waals surface area contributed by atoms with Crippen LogP contribution in [0.3, 0.4) is 0 Å². The van der Waals surface area contributed by atoms with Crippen LogP contribution in [0.1, 0.15) is 18.5 Å². The lowest BCUT2D eigenvalue weighted by Crippen LogP contribution is -2.50. The van der Waals surface area contributed by atoms with Crippen molar-refractivity contribution in [3.63, 3.8) is 0 Å². The molecule has 8 heteroatoms. The van der Waals surface area contributed by atoms with Crippen molar-refractivity contribution in [2.45, 2.75) is 19.1 Å². The number of carbonyl (C=O) groups excluding carboxylic acids is 2. The number of hydrogen-bond donors (Lipinski definition) is 1. The summed E-state index contributed by atoms with van der Waals surface area (Å²) in [7, 11) is 0. The standard InChI is InChI=1S/C23H26FN3O4/c1-16-23(29)27(19-4-2-3-5-21(19)31-16)15-22(28)25-14-20(26-10-12-30-13-11-26)17-6-8-18(24)9-7-17/h2-9,16,20H,10-15H2,1H3,(H,25,28)/t16-,20+/m0/s1. The first kappa shape index (κ1) is 21.3. The minimum absolute atomic E-state index is 0.0944. The highest BCUT2D eigenvalue weighted by Crippen LogP contribution is 2.33. The number of halogens is 1. The lowest BCUT2D eigenvalue weighted by Gasteiger charge is -2.35. The second-order valence-electron chi connectivity index (χ2n) is 7.67. The summed E-state index contributed by atoms with van der Waals surface area (Å²) in [5, 5.41) is 2.96. The topological polar surface area (TPSA) is 71.1 Å². The van der Waals surface area contributed by atoms with Crippen molar-refractivity contribution in [1.29, 1.82) is 0 Å². The molecular weight excluding hydrogens is 401 g/mol. The van der Waals surface area contributed by atoms with Gasteiger partial charge in [-0.3, -0.25) is 19.4 Å². The molecule has 0 aliphatic carbocycles. The number of nitrogens with one attached hydrogen (secondary N) is 1. The number of anilines is 1. The predicted octanol–water partition coefficient (Wildman–Crippen LogP) is 2.13. The highest BCUT2D eigenvalue weighted by Gasteiger charge is 2.32. The zero-order valence-corrected chi connectivity index (χ0v) is 17.4. The number of hydrogen-bond acceptors (Lipinski definition) is 5. The first-order valence-corrected chi connectivity index (χ1v) is 10.4. The average molecular weight is 427 g/mol. The molecule has 2 amide bonds. The zero-order valence-electron chi connectivity index (χ0n) is 17.4. The van der Waals surface area contributed by atoms with E-state index < -0.39 is 6.10 Å². The van der Waals surface area contributed by atoms with E-state index in [0.29, 0.717) is 31.2 Å². The lowest BCUT2D eigenvalue weighted by molar-refractivity contribution is -0.128. The van der Waals surface area contributed by atoms with Gasteiger partial charge >= 0.3 is 0 Å². The largest absolute Gasteiger partial charge is 0.479 e. The van der Waals surface area contributed by atoms with E-state index in [1.807, 2.05) is 6.07 Å². The highest BCUT2D eigenvalue weighted by atomic mass is 19.1. The molecule has 4 rings (SSSR count). The maximum absolute atomic E-state index is 13.4. The van der Waals surface area contributed by atoms with Gasteiger partial charge in [0.1, 0.15) is 18.1 Å². The van der Waals surface area contributed by atoms with Gasteiger partial charge in [-0.05, 0) is 36.8 Å². The minimum atomic E-state index is -0.650. The molecule has 2 aromatic carbocycles. The molecule has 2 atom stereocenters. The molecule has 31 heavy (non-hydrogen) atoms. The fraction of sp³-hybridized carbons (Fsp3) is 0.391. The molecule has 0 saturated carbocycles. The second kappa shape index (κ2) is 9.45. The number of carbonyl (C=O) groups is 2. The second-order valence-corrected chi connectivity index (χ2v) is 7.67. The van der Waals surface area contributed by atoms with Crippen LogP contribution in [-0.2, 0) is 14.3 Å². The van der Waals surface area contributed by atoms with E-state index in [-0.39, 0.29) is 30.2 Å². The molecule has 0 aromatic heterocycles. The van der Waals surface area contributed by atoms with E-state index in [0.717, 1.165) is 18.7 Å². The van der Waals surface area contributed by atoms with Crippen molar-refractivity contribution in [2.24, 2.45) is 0 Å². The SMILES string of the molecule is C[C@@H]1Oc2ccccc2N(CC(=O)NC[C@H](c2ccc(F)cc2)N2CCOCC2)C1=O. The molecule has 2 aliphatic heterocycles. The van der Waals surface area contributed by atoms with Gasteiger partial charge in [0.2, 0.25) is 5.91 Å². The minimum Gasteiger partial charge on any atom is -0.479 e. The summed E-state index contributed by atoms with van der Waals surface area (Å²) in [5.74, 6) is -0.234. The van der Waals surface area contributed by atoms with Gasteiger partial charge in [0, 0.05) is 19.6 Å². The normalized spacial score (nSPS) is 20.0. The summed E-state index contributed by atoms with van der Waals surface area (Å²) in [6.07, 6.45) is -0.650. The van der Waals surface area contributed by atoms with Crippen molar-refractivity contribution in [3.05, 3.63) is 59.9 Å². The van der Waals surface area contributed by atoms with Crippen LogP contribution in [0.2, 0.25) is 0 Å². The van der Waals surface area contributed by atoms with Crippen LogP contribution in [0.5, 0.6) is 5.75 Å². The molecule has 0 radical (unpaired) electrons. The lowest BCUT2D eigenvalue weighted by atomic mass is 10.0. The third kappa shape index (κ3) is 4.86.